The Kier molecular flexibility index (Phi) is 5.34. The van der Waals surface area contributed by atoms with Gasteiger partial charge in [0.15, 0.2) is 5.82 Å². The minimum absolute atomic E-state index is 0.347. The predicted octanol–water partition coefficient (Wildman–Crippen LogP) is 3.68. The number of methoxy groups -OCH3 is 1. The van der Waals surface area contributed by atoms with Gasteiger partial charge in [-0.1, -0.05) is 39.7 Å². The van der Waals surface area contributed by atoms with Gasteiger partial charge in [-0.15, -0.1) is 0 Å². The van der Waals surface area contributed by atoms with E-state index in [2.05, 4.69) is 38.0 Å². The Hall–Kier alpha value is -1.17. The molecule has 0 aliphatic heterocycles. The number of rotatable bonds is 5. The molecule has 0 amide bonds. The van der Waals surface area contributed by atoms with E-state index >= 15 is 0 Å². The summed E-state index contributed by atoms with van der Waals surface area (Å²) in [5, 5.41) is 0.421. The minimum Gasteiger partial charge on any atom is -0.377 e. The van der Waals surface area contributed by atoms with E-state index in [1.54, 1.807) is 13.2 Å². The second kappa shape index (κ2) is 7.02. The molecule has 0 fully saturated rings. The summed E-state index contributed by atoms with van der Waals surface area (Å²) in [6.07, 6.45) is 0. The lowest BCUT2D eigenvalue weighted by Gasteiger charge is -2.19. The summed E-state index contributed by atoms with van der Waals surface area (Å²) < 4.78 is 6.11. The van der Waals surface area contributed by atoms with Crippen molar-refractivity contribution in [2.45, 2.75) is 13.2 Å². The number of anilines is 1. The molecule has 1 aromatic heterocycles. The zero-order valence-electron chi connectivity index (χ0n) is 11.3. The molecule has 0 spiro atoms. The first kappa shape index (κ1) is 15.2. The zero-order chi connectivity index (χ0) is 14.5. The van der Waals surface area contributed by atoms with Gasteiger partial charge in [0.1, 0.15) is 17.6 Å². The molecule has 0 radical (unpaired) electrons. The van der Waals surface area contributed by atoms with Gasteiger partial charge in [0, 0.05) is 31.2 Å². The topological polar surface area (TPSA) is 38.2 Å². The third kappa shape index (κ3) is 4.16. The molecule has 106 valence electrons. The fourth-order valence-corrected chi connectivity index (χ4v) is 2.24. The Labute approximate surface area is 131 Å². The van der Waals surface area contributed by atoms with Crippen molar-refractivity contribution in [1.82, 2.24) is 9.97 Å². The molecule has 0 aliphatic rings. The number of benzene rings is 1. The van der Waals surface area contributed by atoms with E-state index in [1.165, 1.54) is 5.56 Å². The van der Waals surface area contributed by atoms with Crippen molar-refractivity contribution >= 4 is 33.3 Å². The predicted molar refractivity (Wildman–Crippen MR) is 84.0 cm³/mol. The number of aromatic nitrogens is 2. The van der Waals surface area contributed by atoms with Gasteiger partial charge in [0.2, 0.25) is 0 Å². The largest absolute Gasteiger partial charge is 0.377 e. The number of halogens is 2. The zero-order valence-corrected chi connectivity index (χ0v) is 13.6. The molecule has 0 aliphatic carbocycles. The van der Waals surface area contributed by atoms with Gasteiger partial charge < -0.3 is 9.64 Å². The van der Waals surface area contributed by atoms with E-state index in [0.717, 1.165) is 16.8 Å². The molecule has 0 saturated carbocycles. The average Bonchev–Trinajstić information content (AvgIpc) is 2.41. The molecular formula is C14H15BrClN3O. The third-order valence-electron chi connectivity index (χ3n) is 2.73. The summed E-state index contributed by atoms with van der Waals surface area (Å²) >= 11 is 9.44. The lowest BCUT2D eigenvalue weighted by atomic mass is 10.2. The van der Waals surface area contributed by atoms with Gasteiger partial charge in [-0.2, -0.15) is 0 Å². The Bertz CT molecular complexity index is 577. The maximum atomic E-state index is 6.01. The smallest absolute Gasteiger partial charge is 0.158 e. The maximum Gasteiger partial charge on any atom is 0.158 e. The fraction of sp³-hybridized carbons (Fsp3) is 0.286. The highest BCUT2D eigenvalue weighted by atomic mass is 79.9. The molecule has 2 aromatic rings. The number of nitrogens with zero attached hydrogens (tertiary/aromatic N) is 3. The standard InChI is InChI=1S/C14H15BrClN3O/c1-19(8-10-3-5-11(15)6-4-10)14-7-12(16)17-13(18-14)9-20-2/h3-7H,8-9H2,1-2H3. The summed E-state index contributed by atoms with van der Waals surface area (Å²) in [6, 6.07) is 9.93. The second-order valence-electron chi connectivity index (χ2n) is 4.38. The van der Waals surface area contributed by atoms with Gasteiger partial charge in [-0.3, -0.25) is 0 Å². The average molecular weight is 357 g/mol. The number of ether oxygens (including phenoxy) is 1. The first-order chi connectivity index (χ1) is 9.58. The Morgan fingerprint density at radius 1 is 1.25 bits per heavy atom. The Morgan fingerprint density at radius 2 is 1.95 bits per heavy atom. The molecule has 1 heterocycles. The minimum atomic E-state index is 0.347. The summed E-state index contributed by atoms with van der Waals surface area (Å²) in [5.74, 6) is 1.36. The van der Waals surface area contributed by atoms with Crippen LogP contribution < -0.4 is 4.90 Å². The molecule has 6 heteroatoms. The van der Waals surface area contributed by atoms with E-state index in [9.17, 15) is 0 Å². The molecule has 0 unspecified atom stereocenters. The van der Waals surface area contributed by atoms with Crippen molar-refractivity contribution in [3.63, 3.8) is 0 Å². The van der Waals surface area contributed by atoms with E-state index < -0.39 is 0 Å². The molecule has 20 heavy (non-hydrogen) atoms. The van der Waals surface area contributed by atoms with E-state index in [4.69, 9.17) is 16.3 Å². The summed E-state index contributed by atoms with van der Waals surface area (Å²) in [6.45, 7) is 1.09. The van der Waals surface area contributed by atoms with Crippen LogP contribution in [0.4, 0.5) is 5.82 Å². The van der Waals surface area contributed by atoms with Crippen LogP contribution in [0.1, 0.15) is 11.4 Å². The quantitative estimate of drug-likeness (QED) is 0.766. The van der Waals surface area contributed by atoms with Gasteiger partial charge in [0.05, 0.1) is 0 Å². The van der Waals surface area contributed by atoms with Gasteiger partial charge >= 0.3 is 0 Å². The van der Waals surface area contributed by atoms with Crippen molar-refractivity contribution in [3.8, 4) is 0 Å². The lowest BCUT2D eigenvalue weighted by molar-refractivity contribution is 0.178. The van der Waals surface area contributed by atoms with Crippen LogP contribution >= 0.6 is 27.5 Å². The van der Waals surface area contributed by atoms with Crippen molar-refractivity contribution in [2.75, 3.05) is 19.1 Å². The first-order valence-corrected chi connectivity index (χ1v) is 7.23. The van der Waals surface area contributed by atoms with Crippen LogP contribution in [-0.2, 0) is 17.9 Å². The van der Waals surface area contributed by atoms with Crippen LogP contribution in [0.3, 0.4) is 0 Å². The van der Waals surface area contributed by atoms with Crippen LogP contribution in [0.15, 0.2) is 34.8 Å². The maximum absolute atomic E-state index is 6.01. The molecule has 0 saturated heterocycles. The summed E-state index contributed by atoms with van der Waals surface area (Å²) in [7, 11) is 3.58. The van der Waals surface area contributed by atoms with Gasteiger partial charge in [-0.25, -0.2) is 9.97 Å². The highest BCUT2D eigenvalue weighted by Crippen LogP contribution is 2.18. The van der Waals surface area contributed by atoms with Crippen LogP contribution in [0, 0.1) is 0 Å². The summed E-state index contributed by atoms with van der Waals surface area (Å²) in [4.78, 5) is 10.6. The molecule has 0 N–H and O–H groups in total. The van der Waals surface area contributed by atoms with Crippen molar-refractivity contribution in [1.29, 1.82) is 0 Å². The second-order valence-corrected chi connectivity index (χ2v) is 5.68. The highest BCUT2D eigenvalue weighted by molar-refractivity contribution is 9.10. The summed E-state index contributed by atoms with van der Waals surface area (Å²) in [5.41, 5.74) is 1.19. The van der Waals surface area contributed by atoms with Gasteiger partial charge in [-0.05, 0) is 17.7 Å². The molecule has 0 atom stereocenters. The van der Waals surface area contributed by atoms with Crippen LogP contribution in [0.25, 0.3) is 0 Å². The van der Waals surface area contributed by atoms with Crippen molar-refractivity contribution < 1.29 is 4.74 Å². The lowest BCUT2D eigenvalue weighted by Crippen LogP contribution is -2.18. The molecule has 0 bridgehead atoms. The van der Waals surface area contributed by atoms with Crippen molar-refractivity contribution in [2.24, 2.45) is 0 Å². The number of hydrogen-bond acceptors (Lipinski definition) is 4. The van der Waals surface area contributed by atoms with Crippen molar-refractivity contribution in [3.05, 3.63) is 51.3 Å². The van der Waals surface area contributed by atoms with Crippen LogP contribution in [0.5, 0.6) is 0 Å². The van der Waals surface area contributed by atoms with E-state index in [1.807, 2.05) is 24.1 Å². The fourth-order valence-electron chi connectivity index (χ4n) is 1.79. The van der Waals surface area contributed by atoms with Gasteiger partial charge in [0.25, 0.3) is 0 Å². The SMILES string of the molecule is COCc1nc(Cl)cc(N(C)Cc2ccc(Br)cc2)n1. The Morgan fingerprint density at radius 3 is 2.60 bits per heavy atom. The third-order valence-corrected chi connectivity index (χ3v) is 3.45. The Balaban J connectivity index is 2.15. The van der Waals surface area contributed by atoms with E-state index in [0.29, 0.717) is 17.6 Å². The highest BCUT2D eigenvalue weighted by Gasteiger charge is 2.08. The molecule has 1 aromatic carbocycles. The number of hydrogen-bond donors (Lipinski definition) is 0. The monoisotopic (exact) mass is 355 g/mol. The van der Waals surface area contributed by atoms with E-state index in [-0.39, 0.29) is 0 Å². The first-order valence-electron chi connectivity index (χ1n) is 6.06. The normalized spacial score (nSPS) is 10.6. The molecule has 2 rings (SSSR count). The van der Waals surface area contributed by atoms with Crippen LogP contribution in [-0.4, -0.2) is 24.1 Å². The molecular weight excluding hydrogens is 342 g/mol. The molecule has 4 nitrogen and oxygen atoms in total. The van der Waals surface area contributed by atoms with Crippen LogP contribution in [0.2, 0.25) is 5.15 Å².